The van der Waals surface area contributed by atoms with E-state index in [0.717, 1.165) is 62.4 Å². The summed E-state index contributed by atoms with van der Waals surface area (Å²) in [5, 5.41) is 15.3. The number of fused-ring (bicyclic) bond motifs is 2. The number of rotatable bonds is 9. The molecule has 4 aliphatic rings. The standard InChI is InChI=1S/C36H42N8O2/c1-3-4-16-41-17-7-11-28(41)24-46-36-39-31-23-42(32-12-6-10-26-9-5-8-25(2)33(26)32)18-14-29(31)34(40-36)43-19-20-44(27(22-43)13-15-37)35(45)30-21-38-30/h1,5-6,8-10,12,27-28,30,38H,4,7,11,13-14,16-24H2,2H3. The Labute approximate surface area is 271 Å². The molecule has 1 N–H and O–H groups in total. The molecule has 3 unspecified atom stereocenters. The van der Waals surface area contributed by atoms with E-state index >= 15 is 0 Å². The van der Waals surface area contributed by atoms with Gasteiger partial charge < -0.3 is 24.8 Å². The number of carbonyl (C=O) groups excluding carboxylic acids is 1. The predicted molar refractivity (Wildman–Crippen MR) is 179 cm³/mol. The van der Waals surface area contributed by atoms with Crippen LogP contribution in [0.2, 0.25) is 0 Å². The molecule has 10 nitrogen and oxygen atoms in total. The van der Waals surface area contributed by atoms with Crippen LogP contribution in [0.25, 0.3) is 10.8 Å². The largest absolute Gasteiger partial charge is 0.462 e. The van der Waals surface area contributed by atoms with Crippen LogP contribution in [0.15, 0.2) is 36.4 Å². The van der Waals surface area contributed by atoms with Gasteiger partial charge in [0.1, 0.15) is 12.4 Å². The molecule has 3 saturated heterocycles. The van der Waals surface area contributed by atoms with Gasteiger partial charge in [0, 0.05) is 68.4 Å². The van der Waals surface area contributed by atoms with Gasteiger partial charge in [0.15, 0.2) is 0 Å². The number of aromatic nitrogens is 2. The van der Waals surface area contributed by atoms with E-state index in [4.69, 9.17) is 21.1 Å². The number of aryl methyl sites for hydroxylation is 1. The monoisotopic (exact) mass is 618 g/mol. The Morgan fingerprint density at radius 3 is 2.76 bits per heavy atom. The smallest absolute Gasteiger partial charge is 0.318 e. The molecule has 2 aromatic carbocycles. The number of nitrogens with zero attached hydrogens (tertiary/aromatic N) is 7. The van der Waals surface area contributed by atoms with Crippen LogP contribution < -0.4 is 19.9 Å². The number of nitrogens with one attached hydrogen (secondary N) is 1. The Morgan fingerprint density at radius 1 is 1.11 bits per heavy atom. The van der Waals surface area contributed by atoms with Crippen LogP contribution in [0, 0.1) is 30.6 Å². The van der Waals surface area contributed by atoms with Crippen LogP contribution in [-0.2, 0) is 17.8 Å². The van der Waals surface area contributed by atoms with E-state index in [9.17, 15) is 10.1 Å². The van der Waals surface area contributed by atoms with Gasteiger partial charge in [0.2, 0.25) is 5.91 Å². The molecular formula is C36H42N8O2. The SMILES string of the molecule is C#CCCN1CCCC1COc1nc2c(c(N3CCN(C(=O)C4CN4)C(CC#N)C3)n1)CCN(c1cccc3cccc(C)c13)C2. The minimum absolute atomic E-state index is 0.0978. The third-order valence-corrected chi connectivity index (χ3v) is 10.0. The Bertz CT molecular complexity index is 1690. The maximum atomic E-state index is 13.0. The quantitative estimate of drug-likeness (QED) is 0.285. The number of nitriles is 1. The molecule has 7 rings (SSSR count). The number of hydrogen-bond donors (Lipinski definition) is 1. The van der Waals surface area contributed by atoms with E-state index < -0.39 is 0 Å². The lowest BCUT2D eigenvalue weighted by atomic mass is 9.99. The van der Waals surface area contributed by atoms with Gasteiger partial charge in [0.05, 0.1) is 36.8 Å². The van der Waals surface area contributed by atoms with Crippen LogP contribution in [0.4, 0.5) is 11.5 Å². The number of anilines is 2. The fourth-order valence-electron chi connectivity index (χ4n) is 7.50. The number of hydrogen-bond acceptors (Lipinski definition) is 9. The highest BCUT2D eigenvalue weighted by Crippen LogP contribution is 2.36. The highest BCUT2D eigenvalue weighted by molar-refractivity contribution is 5.97. The summed E-state index contributed by atoms with van der Waals surface area (Å²) in [6.45, 7) is 8.58. The minimum atomic E-state index is -0.189. The molecule has 1 amide bonds. The van der Waals surface area contributed by atoms with Gasteiger partial charge in [-0.3, -0.25) is 9.69 Å². The number of piperazine rings is 1. The van der Waals surface area contributed by atoms with Crippen LogP contribution >= 0.6 is 0 Å². The van der Waals surface area contributed by atoms with E-state index in [1.54, 1.807) is 0 Å². The minimum Gasteiger partial charge on any atom is -0.462 e. The zero-order valence-electron chi connectivity index (χ0n) is 26.6. The van der Waals surface area contributed by atoms with Gasteiger partial charge in [-0.2, -0.15) is 15.2 Å². The summed E-state index contributed by atoms with van der Waals surface area (Å²) < 4.78 is 6.42. The number of terminal acetylenes is 1. The van der Waals surface area contributed by atoms with Gasteiger partial charge in [-0.25, -0.2) is 0 Å². The first-order chi connectivity index (χ1) is 22.5. The summed E-state index contributed by atoms with van der Waals surface area (Å²) in [7, 11) is 0. The summed E-state index contributed by atoms with van der Waals surface area (Å²) in [4.78, 5) is 32.1. The van der Waals surface area contributed by atoms with E-state index in [0.29, 0.717) is 45.3 Å². The van der Waals surface area contributed by atoms with Crippen LogP contribution in [-0.4, -0.2) is 96.2 Å². The van der Waals surface area contributed by atoms with Crippen molar-refractivity contribution in [2.75, 3.05) is 62.2 Å². The van der Waals surface area contributed by atoms with Crippen molar-refractivity contribution in [2.24, 2.45) is 0 Å². The molecular weight excluding hydrogens is 576 g/mol. The maximum Gasteiger partial charge on any atom is 0.318 e. The summed E-state index contributed by atoms with van der Waals surface area (Å²) in [5.41, 5.74) is 4.59. The molecule has 46 heavy (non-hydrogen) atoms. The van der Waals surface area contributed by atoms with Gasteiger partial charge >= 0.3 is 6.01 Å². The van der Waals surface area contributed by atoms with Crippen molar-refractivity contribution >= 4 is 28.2 Å². The fraction of sp³-hybridized carbons (Fsp3) is 0.500. The molecule has 4 aliphatic heterocycles. The highest BCUT2D eigenvalue weighted by atomic mass is 16.5. The summed E-state index contributed by atoms with van der Waals surface area (Å²) >= 11 is 0. The molecule has 238 valence electrons. The molecule has 1 aromatic heterocycles. The van der Waals surface area contributed by atoms with Gasteiger partial charge in [0.25, 0.3) is 0 Å². The zero-order chi connectivity index (χ0) is 31.6. The van der Waals surface area contributed by atoms with Crippen molar-refractivity contribution in [1.82, 2.24) is 25.1 Å². The molecule has 0 radical (unpaired) electrons. The van der Waals surface area contributed by atoms with Crippen LogP contribution in [0.5, 0.6) is 6.01 Å². The van der Waals surface area contributed by atoms with Crippen molar-refractivity contribution in [3.05, 3.63) is 53.2 Å². The van der Waals surface area contributed by atoms with Crippen molar-refractivity contribution in [3.8, 4) is 24.4 Å². The van der Waals surface area contributed by atoms with Crippen molar-refractivity contribution in [2.45, 2.75) is 63.7 Å². The Kier molecular flexibility index (Phi) is 8.66. The number of likely N-dealkylation sites (tertiary alicyclic amines) is 1. The predicted octanol–water partition coefficient (Wildman–Crippen LogP) is 3.27. The molecule has 3 atom stereocenters. The number of ether oxygens (including phenoxy) is 1. The van der Waals surface area contributed by atoms with E-state index in [-0.39, 0.29) is 30.5 Å². The molecule has 5 heterocycles. The molecule has 0 bridgehead atoms. The highest BCUT2D eigenvalue weighted by Gasteiger charge is 2.39. The second-order valence-electron chi connectivity index (χ2n) is 12.9. The zero-order valence-corrected chi connectivity index (χ0v) is 26.6. The molecule has 3 fully saturated rings. The summed E-state index contributed by atoms with van der Waals surface area (Å²) in [6.07, 6.45) is 9.57. The molecule has 0 saturated carbocycles. The average molecular weight is 619 g/mol. The molecule has 0 spiro atoms. The topological polar surface area (TPSA) is 111 Å². The first-order valence-electron chi connectivity index (χ1n) is 16.6. The van der Waals surface area contributed by atoms with Gasteiger partial charge in [-0.15, -0.1) is 12.3 Å². The second-order valence-corrected chi connectivity index (χ2v) is 12.9. The van der Waals surface area contributed by atoms with Crippen LogP contribution in [0.3, 0.4) is 0 Å². The summed E-state index contributed by atoms with van der Waals surface area (Å²) in [6, 6.07) is 15.7. The average Bonchev–Trinajstić information content (AvgIpc) is 3.84. The van der Waals surface area contributed by atoms with Gasteiger partial charge in [-0.1, -0.05) is 30.3 Å². The lowest BCUT2D eigenvalue weighted by Gasteiger charge is -2.42. The van der Waals surface area contributed by atoms with E-state index in [1.807, 2.05) is 4.90 Å². The number of amides is 1. The van der Waals surface area contributed by atoms with E-state index in [1.165, 1.54) is 22.0 Å². The Balaban J connectivity index is 1.19. The third kappa shape index (κ3) is 6.08. The maximum absolute atomic E-state index is 13.0. The van der Waals surface area contributed by atoms with Crippen molar-refractivity contribution in [1.29, 1.82) is 5.26 Å². The molecule has 10 heteroatoms. The first-order valence-corrected chi connectivity index (χ1v) is 16.6. The lowest BCUT2D eigenvalue weighted by molar-refractivity contribution is -0.133. The van der Waals surface area contributed by atoms with Crippen molar-refractivity contribution in [3.63, 3.8) is 0 Å². The fourth-order valence-corrected chi connectivity index (χ4v) is 7.50. The lowest BCUT2D eigenvalue weighted by Crippen LogP contribution is -2.57. The Hall–Kier alpha value is -4.38. The molecule has 3 aromatic rings. The number of benzene rings is 2. The summed E-state index contributed by atoms with van der Waals surface area (Å²) in [5.74, 6) is 3.74. The van der Waals surface area contributed by atoms with Crippen molar-refractivity contribution < 1.29 is 9.53 Å². The first kappa shape index (κ1) is 30.3. The molecule has 0 aliphatic carbocycles. The second kappa shape index (κ2) is 13.2. The Morgan fingerprint density at radius 2 is 1.96 bits per heavy atom. The number of carbonyl (C=O) groups is 1. The van der Waals surface area contributed by atoms with E-state index in [2.05, 4.69) is 75.3 Å². The normalized spacial score (nSPS) is 22.8. The van der Waals surface area contributed by atoms with Crippen LogP contribution in [0.1, 0.15) is 42.5 Å². The van der Waals surface area contributed by atoms with Gasteiger partial charge in [-0.05, 0) is 49.7 Å². The third-order valence-electron chi connectivity index (χ3n) is 10.0.